The van der Waals surface area contributed by atoms with Gasteiger partial charge in [-0.05, 0) is 19.9 Å². The first kappa shape index (κ1) is 15.8. The van der Waals surface area contributed by atoms with Gasteiger partial charge in [-0.15, -0.1) is 0 Å². The second kappa shape index (κ2) is 4.71. The van der Waals surface area contributed by atoms with E-state index in [4.69, 9.17) is 5.26 Å². The van der Waals surface area contributed by atoms with Crippen LogP contribution in [0, 0.1) is 21.4 Å². The van der Waals surface area contributed by atoms with E-state index < -0.39 is 28.0 Å². The van der Waals surface area contributed by atoms with Crippen molar-refractivity contribution < 1.29 is 23.2 Å². The number of rotatable bonds is 2. The fourth-order valence-electron chi connectivity index (χ4n) is 2.18. The molecular weight excluding hydrogens is 303 g/mol. The van der Waals surface area contributed by atoms with Crippen LogP contribution in [0.2, 0.25) is 0 Å². The van der Waals surface area contributed by atoms with Crippen molar-refractivity contribution in [3.05, 3.63) is 39.1 Å². The maximum absolute atomic E-state index is 12.9. The van der Waals surface area contributed by atoms with E-state index in [2.05, 4.69) is 4.98 Å². The van der Waals surface area contributed by atoms with Gasteiger partial charge >= 0.3 is 6.18 Å². The number of nitro groups is 1. The van der Waals surface area contributed by atoms with Crippen molar-refractivity contribution in [1.29, 1.82) is 5.26 Å². The Morgan fingerprint density at radius 2 is 1.95 bits per heavy atom. The Bertz CT molecular complexity index is 810. The van der Waals surface area contributed by atoms with Crippen LogP contribution in [-0.2, 0) is 11.8 Å². The second-order valence-electron chi connectivity index (χ2n) is 5.22. The number of nitrogens with one attached hydrogen (secondary N) is 1. The Balaban J connectivity index is 2.92. The maximum atomic E-state index is 12.9. The van der Waals surface area contributed by atoms with Gasteiger partial charge in [0.25, 0.3) is 5.69 Å². The van der Waals surface area contributed by atoms with E-state index in [0.717, 1.165) is 0 Å². The molecule has 0 aliphatic heterocycles. The summed E-state index contributed by atoms with van der Waals surface area (Å²) in [5.74, 6) is 0. The lowest BCUT2D eigenvalue weighted by atomic mass is 9.99. The third-order valence-corrected chi connectivity index (χ3v) is 3.14. The fourth-order valence-corrected chi connectivity index (χ4v) is 2.18. The number of fused-ring (bicyclic) bond motifs is 1. The van der Waals surface area contributed by atoms with Gasteiger partial charge < -0.3 is 10.1 Å². The SMILES string of the molecule is CC(C)(O)c1[nH]c2cc(C(F)(F)F)c([N+](=O)[O-])cc2c1C#N. The van der Waals surface area contributed by atoms with Crippen molar-refractivity contribution in [3.63, 3.8) is 0 Å². The van der Waals surface area contributed by atoms with Crippen LogP contribution >= 0.6 is 0 Å². The van der Waals surface area contributed by atoms with Crippen LogP contribution in [0.4, 0.5) is 18.9 Å². The van der Waals surface area contributed by atoms with Crippen molar-refractivity contribution >= 4 is 16.6 Å². The molecule has 0 unspecified atom stereocenters. The highest BCUT2D eigenvalue weighted by Gasteiger charge is 2.39. The Labute approximate surface area is 121 Å². The smallest absolute Gasteiger partial charge is 0.384 e. The summed E-state index contributed by atoms with van der Waals surface area (Å²) >= 11 is 0. The number of H-pyrrole nitrogens is 1. The summed E-state index contributed by atoms with van der Waals surface area (Å²) in [5, 5.41) is 30.0. The summed E-state index contributed by atoms with van der Waals surface area (Å²) < 4.78 is 38.8. The summed E-state index contributed by atoms with van der Waals surface area (Å²) in [5.41, 5.74) is -4.31. The van der Waals surface area contributed by atoms with Gasteiger partial charge in [0.2, 0.25) is 0 Å². The van der Waals surface area contributed by atoms with Crippen molar-refractivity contribution in [1.82, 2.24) is 4.98 Å². The molecule has 6 nitrogen and oxygen atoms in total. The third kappa shape index (κ3) is 2.48. The van der Waals surface area contributed by atoms with Crippen LogP contribution < -0.4 is 0 Å². The van der Waals surface area contributed by atoms with Crippen molar-refractivity contribution in [2.75, 3.05) is 0 Å². The Hall–Kier alpha value is -2.60. The van der Waals surface area contributed by atoms with E-state index in [1.807, 2.05) is 0 Å². The van der Waals surface area contributed by atoms with Crippen LogP contribution in [0.3, 0.4) is 0 Å². The number of nitrogens with zero attached hydrogens (tertiary/aromatic N) is 2. The normalized spacial score (nSPS) is 12.4. The number of halogens is 3. The van der Waals surface area contributed by atoms with Crippen LogP contribution in [-0.4, -0.2) is 15.0 Å². The zero-order valence-corrected chi connectivity index (χ0v) is 11.4. The van der Waals surface area contributed by atoms with Crippen LogP contribution in [0.5, 0.6) is 0 Å². The van der Waals surface area contributed by atoms with Gasteiger partial charge in [0.1, 0.15) is 17.2 Å². The van der Waals surface area contributed by atoms with Gasteiger partial charge in [0, 0.05) is 17.0 Å². The van der Waals surface area contributed by atoms with E-state index in [1.54, 1.807) is 6.07 Å². The average Bonchev–Trinajstić information content (AvgIpc) is 2.73. The first-order valence-corrected chi connectivity index (χ1v) is 6.01. The molecule has 1 aromatic carbocycles. The van der Waals surface area contributed by atoms with Gasteiger partial charge in [-0.3, -0.25) is 10.1 Å². The minimum Gasteiger partial charge on any atom is -0.384 e. The molecule has 0 aliphatic rings. The predicted octanol–water partition coefficient (Wildman–Crippen LogP) is 3.19. The van der Waals surface area contributed by atoms with Crippen molar-refractivity contribution in [2.24, 2.45) is 0 Å². The number of nitro benzene ring substituents is 1. The van der Waals surface area contributed by atoms with Gasteiger partial charge in [0.15, 0.2) is 0 Å². The number of aromatic nitrogens is 1. The molecule has 0 saturated heterocycles. The van der Waals surface area contributed by atoms with E-state index in [1.165, 1.54) is 13.8 Å². The lowest BCUT2D eigenvalue weighted by Crippen LogP contribution is -2.17. The van der Waals surface area contributed by atoms with Crippen molar-refractivity contribution in [2.45, 2.75) is 25.6 Å². The molecule has 0 aliphatic carbocycles. The van der Waals surface area contributed by atoms with Crippen LogP contribution in [0.25, 0.3) is 10.9 Å². The van der Waals surface area contributed by atoms with Gasteiger partial charge in [-0.1, -0.05) is 0 Å². The molecule has 0 bridgehead atoms. The number of hydrogen-bond donors (Lipinski definition) is 2. The predicted molar refractivity (Wildman–Crippen MR) is 69.9 cm³/mol. The lowest BCUT2D eigenvalue weighted by Gasteiger charge is -2.15. The highest BCUT2D eigenvalue weighted by atomic mass is 19.4. The molecule has 2 rings (SSSR count). The second-order valence-corrected chi connectivity index (χ2v) is 5.22. The molecule has 2 aromatic rings. The molecule has 0 saturated carbocycles. The van der Waals surface area contributed by atoms with E-state index in [-0.39, 0.29) is 22.2 Å². The highest BCUT2D eigenvalue weighted by Crippen LogP contribution is 2.40. The first-order valence-electron chi connectivity index (χ1n) is 6.01. The molecule has 0 radical (unpaired) electrons. The number of aromatic amines is 1. The maximum Gasteiger partial charge on any atom is 0.423 e. The molecule has 22 heavy (non-hydrogen) atoms. The Morgan fingerprint density at radius 3 is 2.36 bits per heavy atom. The quantitative estimate of drug-likeness (QED) is 0.656. The van der Waals surface area contributed by atoms with E-state index >= 15 is 0 Å². The average molecular weight is 313 g/mol. The Kier molecular flexibility index (Phi) is 3.38. The minimum absolute atomic E-state index is 0.00128. The summed E-state index contributed by atoms with van der Waals surface area (Å²) in [7, 11) is 0. The molecule has 2 N–H and O–H groups in total. The summed E-state index contributed by atoms with van der Waals surface area (Å²) in [6, 6.07) is 3.02. The number of alkyl halides is 3. The number of benzene rings is 1. The Morgan fingerprint density at radius 1 is 1.36 bits per heavy atom. The third-order valence-electron chi connectivity index (χ3n) is 3.14. The largest absolute Gasteiger partial charge is 0.423 e. The molecule has 9 heteroatoms. The topological polar surface area (TPSA) is 103 Å². The first-order chi connectivity index (χ1) is 9.96. The minimum atomic E-state index is -4.91. The van der Waals surface area contributed by atoms with Gasteiger partial charge in [-0.25, -0.2) is 0 Å². The van der Waals surface area contributed by atoms with Crippen molar-refractivity contribution in [3.8, 4) is 6.07 Å². The zero-order valence-electron chi connectivity index (χ0n) is 11.4. The number of aliphatic hydroxyl groups is 1. The van der Waals surface area contributed by atoms with E-state index in [0.29, 0.717) is 12.1 Å². The molecule has 0 amide bonds. The molecule has 116 valence electrons. The van der Waals surface area contributed by atoms with Gasteiger partial charge in [-0.2, -0.15) is 18.4 Å². The van der Waals surface area contributed by atoms with Crippen LogP contribution in [0.15, 0.2) is 12.1 Å². The molecule has 0 atom stereocenters. The summed E-state index contributed by atoms with van der Waals surface area (Å²) in [4.78, 5) is 12.3. The monoisotopic (exact) mass is 313 g/mol. The molecular formula is C13H10F3N3O3. The molecule has 1 aromatic heterocycles. The molecule has 0 spiro atoms. The number of hydrogen-bond acceptors (Lipinski definition) is 4. The van der Waals surface area contributed by atoms with Gasteiger partial charge in [0.05, 0.1) is 16.2 Å². The summed E-state index contributed by atoms with van der Waals surface area (Å²) in [6.07, 6.45) is -4.91. The van der Waals surface area contributed by atoms with Crippen LogP contribution in [0.1, 0.15) is 30.7 Å². The standard InChI is InChI=1S/C13H10F3N3O3/c1-12(2,20)11-7(5-17)6-3-10(19(21)22)8(13(14,15)16)4-9(6)18-11/h3-4,18,20H,1-2H3. The lowest BCUT2D eigenvalue weighted by molar-refractivity contribution is -0.387. The molecule has 0 fully saturated rings. The molecule has 1 heterocycles. The zero-order chi connectivity index (χ0) is 16.9. The number of nitriles is 1. The highest BCUT2D eigenvalue weighted by molar-refractivity contribution is 5.90. The fraction of sp³-hybridized carbons (Fsp3) is 0.308. The van der Waals surface area contributed by atoms with E-state index in [9.17, 15) is 28.4 Å². The summed E-state index contributed by atoms with van der Waals surface area (Å²) in [6.45, 7) is 2.69.